The lowest BCUT2D eigenvalue weighted by Gasteiger charge is -2.36. The molecule has 3 heterocycles. The quantitative estimate of drug-likeness (QED) is 0.491. The third kappa shape index (κ3) is 5.82. The molecule has 2 amide bonds. The van der Waals surface area contributed by atoms with Crippen LogP contribution in [-0.4, -0.2) is 53.0 Å². The molecule has 0 saturated carbocycles. The number of nitrogen functional groups attached to an aromatic ring is 1. The number of ether oxygens (including phenoxy) is 1. The molecule has 0 spiro atoms. The molecule has 0 bridgehead atoms. The Morgan fingerprint density at radius 3 is 2.63 bits per heavy atom. The second kappa shape index (κ2) is 11.0. The van der Waals surface area contributed by atoms with E-state index >= 15 is 0 Å². The summed E-state index contributed by atoms with van der Waals surface area (Å²) in [7, 11) is 0. The number of nitrogens with one attached hydrogen (secondary N) is 1. The van der Waals surface area contributed by atoms with Crippen LogP contribution in [0, 0.1) is 5.82 Å². The highest BCUT2D eigenvalue weighted by Gasteiger charge is 2.28. The van der Waals surface area contributed by atoms with Gasteiger partial charge in [-0.3, -0.25) is 0 Å². The minimum atomic E-state index is -0.704. The molecule has 0 aliphatic carbocycles. The van der Waals surface area contributed by atoms with E-state index in [0.717, 1.165) is 12.8 Å². The molecule has 188 valence electrons. The molecule has 1 aromatic heterocycles. The summed E-state index contributed by atoms with van der Waals surface area (Å²) >= 11 is 12.3. The normalized spacial score (nSPS) is 17.9. The first-order chi connectivity index (χ1) is 16.7. The number of hydrogen-bond donors (Lipinski definition) is 2. The smallest absolute Gasteiger partial charge is 0.321 e. The Labute approximate surface area is 215 Å². The molecule has 2 fully saturated rings. The molecule has 7 nitrogen and oxygen atoms in total. The number of aromatic nitrogens is 1. The lowest BCUT2D eigenvalue weighted by atomic mass is 10.0. The molecule has 1 unspecified atom stereocenters. The zero-order valence-electron chi connectivity index (χ0n) is 19.7. The Bertz CT molecular complexity index is 1100. The predicted octanol–water partition coefficient (Wildman–Crippen LogP) is 5.49. The van der Waals surface area contributed by atoms with Crippen molar-refractivity contribution >= 4 is 40.7 Å². The van der Waals surface area contributed by atoms with E-state index in [0.29, 0.717) is 36.0 Å². The fourth-order valence-electron chi connectivity index (χ4n) is 4.70. The molecule has 2 aromatic rings. The van der Waals surface area contributed by atoms with Crippen LogP contribution in [0.4, 0.5) is 15.0 Å². The van der Waals surface area contributed by atoms with Crippen molar-refractivity contribution < 1.29 is 13.9 Å². The monoisotopic (exact) mass is 521 g/mol. The molecular formula is C25H30Cl2FN5O2. The van der Waals surface area contributed by atoms with Crippen LogP contribution in [0.1, 0.15) is 49.8 Å². The van der Waals surface area contributed by atoms with E-state index in [1.807, 2.05) is 4.90 Å². The van der Waals surface area contributed by atoms with Crippen LogP contribution in [0.25, 0.3) is 5.70 Å². The molecule has 4 rings (SSSR count). The van der Waals surface area contributed by atoms with Crippen molar-refractivity contribution in [1.82, 2.24) is 20.1 Å². The van der Waals surface area contributed by atoms with Crippen molar-refractivity contribution in [2.75, 3.05) is 31.9 Å². The number of halogens is 3. The van der Waals surface area contributed by atoms with Gasteiger partial charge in [0.25, 0.3) is 0 Å². The number of rotatable bonds is 6. The van der Waals surface area contributed by atoms with Crippen molar-refractivity contribution in [2.45, 2.75) is 44.8 Å². The highest BCUT2D eigenvalue weighted by atomic mass is 35.5. The number of hydrogen-bond acceptors (Lipinski definition) is 5. The van der Waals surface area contributed by atoms with E-state index in [4.69, 9.17) is 33.7 Å². The summed E-state index contributed by atoms with van der Waals surface area (Å²) in [6.45, 7) is 9.42. The Kier molecular flexibility index (Phi) is 8.04. The number of nitrogens with two attached hydrogens (primary N) is 1. The highest BCUT2D eigenvalue weighted by Crippen LogP contribution is 2.36. The molecule has 0 radical (unpaired) electrons. The molecule has 1 aromatic carbocycles. The van der Waals surface area contributed by atoms with Crippen molar-refractivity contribution in [2.24, 2.45) is 0 Å². The number of anilines is 1. The fourth-order valence-corrected chi connectivity index (χ4v) is 5.38. The van der Waals surface area contributed by atoms with Crippen molar-refractivity contribution in [3.63, 3.8) is 0 Å². The Morgan fingerprint density at radius 1 is 1.26 bits per heavy atom. The Balaban J connectivity index is 1.38. The van der Waals surface area contributed by atoms with Crippen molar-refractivity contribution in [3.05, 3.63) is 58.0 Å². The second-order valence-electron chi connectivity index (χ2n) is 8.99. The second-order valence-corrected chi connectivity index (χ2v) is 9.78. The number of amides is 2. The Hall–Kier alpha value is -2.55. The lowest BCUT2D eigenvalue weighted by molar-refractivity contribution is 0.136. The Morgan fingerprint density at radius 2 is 1.94 bits per heavy atom. The van der Waals surface area contributed by atoms with Crippen LogP contribution in [-0.2, 0) is 0 Å². The van der Waals surface area contributed by atoms with Gasteiger partial charge in [0.05, 0.1) is 5.02 Å². The van der Waals surface area contributed by atoms with E-state index < -0.39 is 11.9 Å². The summed E-state index contributed by atoms with van der Waals surface area (Å²) in [4.78, 5) is 21.4. The maximum absolute atomic E-state index is 13.9. The minimum absolute atomic E-state index is 0.113. The molecule has 2 aliphatic heterocycles. The number of likely N-dealkylation sites (tertiary alicyclic amines) is 2. The zero-order chi connectivity index (χ0) is 25.1. The average Bonchev–Trinajstić information content (AvgIpc) is 3.38. The summed E-state index contributed by atoms with van der Waals surface area (Å²) in [6, 6.07) is 4.61. The van der Waals surface area contributed by atoms with Gasteiger partial charge in [0.1, 0.15) is 11.9 Å². The van der Waals surface area contributed by atoms with Crippen LogP contribution in [0.15, 0.2) is 31.0 Å². The van der Waals surface area contributed by atoms with Crippen LogP contribution in [0.2, 0.25) is 10.0 Å². The standard InChI is InChI=1S/C25H30Cl2FN5O2/c1-15(31-25(34)33-11-7-18(8-12-33)32-9-3-4-10-32)17-13-21(24(29)30-14-17)35-16(2)22-19(26)5-6-20(28)23(22)27/h5-6,13-14,16,18H,1,3-4,7-12H2,2H3,(H2,29,30)(H,31,34). The number of carbonyl (C=O) groups excluding carboxylic acids is 1. The largest absolute Gasteiger partial charge is 0.482 e. The third-order valence-corrected chi connectivity index (χ3v) is 7.40. The molecule has 1 atom stereocenters. The number of nitrogens with zero attached hydrogens (tertiary/aromatic N) is 3. The van der Waals surface area contributed by atoms with Gasteiger partial charge in [-0.15, -0.1) is 0 Å². The van der Waals surface area contributed by atoms with Gasteiger partial charge in [0, 0.05) is 47.2 Å². The maximum Gasteiger partial charge on any atom is 0.321 e. The van der Waals surface area contributed by atoms with Gasteiger partial charge < -0.3 is 25.6 Å². The van der Waals surface area contributed by atoms with Crippen LogP contribution < -0.4 is 15.8 Å². The number of benzene rings is 1. The fraction of sp³-hybridized carbons (Fsp3) is 0.440. The van der Waals surface area contributed by atoms with E-state index in [1.165, 1.54) is 44.3 Å². The van der Waals surface area contributed by atoms with E-state index in [2.05, 4.69) is 21.8 Å². The highest BCUT2D eigenvalue weighted by molar-refractivity contribution is 6.36. The SMILES string of the molecule is C=C(NC(=O)N1CCC(N2CCCC2)CC1)c1cnc(N)c(OC(C)c2c(Cl)ccc(F)c2Cl)c1. The van der Waals surface area contributed by atoms with Crippen LogP contribution >= 0.6 is 23.2 Å². The van der Waals surface area contributed by atoms with Crippen LogP contribution in [0.5, 0.6) is 5.75 Å². The molecule has 35 heavy (non-hydrogen) atoms. The lowest BCUT2D eigenvalue weighted by Crippen LogP contribution is -2.48. The summed E-state index contributed by atoms with van der Waals surface area (Å²) in [5.41, 5.74) is 7.23. The van der Waals surface area contributed by atoms with Gasteiger partial charge in [0.2, 0.25) is 0 Å². The van der Waals surface area contributed by atoms with E-state index in [9.17, 15) is 9.18 Å². The number of pyridine rings is 1. The molecule has 2 aliphatic rings. The van der Waals surface area contributed by atoms with Crippen molar-refractivity contribution in [3.8, 4) is 5.75 Å². The first kappa shape index (κ1) is 25.5. The molecule has 2 saturated heterocycles. The van der Waals surface area contributed by atoms with Crippen LogP contribution in [0.3, 0.4) is 0 Å². The molecule has 10 heteroatoms. The van der Waals surface area contributed by atoms with Gasteiger partial charge in [0.15, 0.2) is 11.6 Å². The van der Waals surface area contributed by atoms with Gasteiger partial charge in [-0.2, -0.15) is 0 Å². The van der Waals surface area contributed by atoms with Gasteiger partial charge >= 0.3 is 6.03 Å². The number of urea groups is 1. The first-order valence-electron chi connectivity index (χ1n) is 11.8. The van der Waals surface area contributed by atoms with Gasteiger partial charge in [-0.1, -0.05) is 29.8 Å². The summed E-state index contributed by atoms with van der Waals surface area (Å²) in [5, 5.41) is 3.02. The average molecular weight is 522 g/mol. The zero-order valence-corrected chi connectivity index (χ0v) is 21.2. The summed E-state index contributed by atoms with van der Waals surface area (Å²) in [6.07, 6.45) is 5.29. The molecule has 3 N–H and O–H groups in total. The maximum atomic E-state index is 13.9. The summed E-state index contributed by atoms with van der Waals surface area (Å²) < 4.78 is 19.9. The third-order valence-electron chi connectivity index (χ3n) is 6.69. The van der Waals surface area contributed by atoms with Crippen molar-refractivity contribution in [1.29, 1.82) is 0 Å². The minimum Gasteiger partial charge on any atom is -0.482 e. The topological polar surface area (TPSA) is 83.7 Å². The van der Waals surface area contributed by atoms with Gasteiger partial charge in [-0.05, 0) is 63.9 Å². The summed E-state index contributed by atoms with van der Waals surface area (Å²) in [5.74, 6) is -0.220. The van der Waals surface area contributed by atoms with E-state index in [-0.39, 0.29) is 27.6 Å². The number of carbonyl (C=O) groups is 1. The van der Waals surface area contributed by atoms with E-state index in [1.54, 1.807) is 13.0 Å². The van der Waals surface area contributed by atoms with Gasteiger partial charge in [-0.25, -0.2) is 14.2 Å². The first-order valence-corrected chi connectivity index (χ1v) is 12.5. The molecular weight excluding hydrogens is 492 g/mol. The predicted molar refractivity (Wildman–Crippen MR) is 137 cm³/mol. The number of piperidine rings is 1.